The van der Waals surface area contributed by atoms with Gasteiger partial charge in [0.15, 0.2) is 23.7 Å². The van der Waals surface area contributed by atoms with Crippen LogP contribution in [0.15, 0.2) is 193 Å². The van der Waals surface area contributed by atoms with Gasteiger partial charge in [0.1, 0.15) is 45.2 Å². The van der Waals surface area contributed by atoms with Crippen LogP contribution in [0.1, 0.15) is 201 Å². The lowest BCUT2D eigenvalue weighted by molar-refractivity contribution is -0.149. The lowest BCUT2D eigenvalue weighted by atomic mass is 9.95. The maximum absolute atomic E-state index is 13.2. The van der Waals surface area contributed by atoms with Gasteiger partial charge in [-0.25, -0.2) is 19.2 Å². The minimum Gasteiger partial charge on any atom is -0.485 e. The molecule has 0 aliphatic carbocycles. The average Bonchev–Trinajstić information content (AvgIpc) is 1.68. The first-order valence-electron chi connectivity index (χ1n) is 37.7. The van der Waals surface area contributed by atoms with Crippen LogP contribution in [0.3, 0.4) is 0 Å². The number of rotatable bonds is 45. The number of aliphatic hydroxyl groups excluding tert-OH is 3. The summed E-state index contributed by atoms with van der Waals surface area (Å²) < 4.78 is 39.5. The van der Waals surface area contributed by atoms with Gasteiger partial charge in [0.2, 0.25) is 11.5 Å². The Morgan fingerprint density at radius 2 is 0.718 bits per heavy atom. The maximum Gasteiger partial charge on any atom is 0.378 e. The van der Waals surface area contributed by atoms with E-state index in [4.69, 9.17) is 38.3 Å². The van der Waals surface area contributed by atoms with Crippen molar-refractivity contribution in [3.63, 3.8) is 0 Å². The van der Waals surface area contributed by atoms with Crippen LogP contribution in [0.4, 0.5) is 11.4 Å². The van der Waals surface area contributed by atoms with Crippen molar-refractivity contribution in [2.45, 2.75) is 209 Å². The van der Waals surface area contributed by atoms with Gasteiger partial charge >= 0.3 is 23.9 Å². The summed E-state index contributed by atoms with van der Waals surface area (Å²) in [4.78, 5) is 54.5. The number of aliphatic hydroxyl groups is 3. The summed E-state index contributed by atoms with van der Waals surface area (Å²) in [6.45, 7) is 21.9. The van der Waals surface area contributed by atoms with E-state index in [0.717, 1.165) is 67.0 Å². The second-order valence-electron chi connectivity index (χ2n) is 26.9. The molecule has 2 aliphatic rings. The first kappa shape index (κ1) is 83.3. The first-order valence-corrected chi connectivity index (χ1v) is 37.7. The summed E-state index contributed by atoms with van der Waals surface area (Å²) in [5.74, 6) is -0.274. The summed E-state index contributed by atoms with van der Waals surface area (Å²) in [5.41, 5.74) is 6.50. The third-order valence-electron chi connectivity index (χ3n) is 19.0. The number of cyclic esters (lactones) is 2. The van der Waals surface area contributed by atoms with Gasteiger partial charge in [-0.2, -0.15) is 0 Å². The molecule has 0 fully saturated rings. The van der Waals surface area contributed by atoms with Gasteiger partial charge < -0.3 is 63.4 Å². The summed E-state index contributed by atoms with van der Waals surface area (Å²) in [5, 5.41) is 39.5. The Labute approximate surface area is 613 Å². The van der Waals surface area contributed by atoms with Crippen molar-refractivity contribution in [1.29, 1.82) is 0 Å². The van der Waals surface area contributed by atoms with Crippen molar-refractivity contribution in [2.75, 3.05) is 49.2 Å². The van der Waals surface area contributed by atoms with E-state index in [1.54, 1.807) is 24.3 Å². The number of esters is 3. The molecule has 8 rings (SSSR count). The van der Waals surface area contributed by atoms with Crippen LogP contribution >= 0.6 is 0 Å². The molecule has 8 atom stereocenters. The summed E-state index contributed by atoms with van der Waals surface area (Å²) in [6.07, 6.45) is 14.6. The third kappa shape index (κ3) is 28.2. The lowest BCUT2D eigenvalue weighted by Gasteiger charge is -2.32. The van der Waals surface area contributed by atoms with Crippen molar-refractivity contribution in [2.24, 2.45) is 23.7 Å². The molecule has 0 bridgehead atoms. The summed E-state index contributed by atoms with van der Waals surface area (Å²) >= 11 is 0. The number of hydrogen-bond acceptors (Lipinski definition) is 16. The molecule has 103 heavy (non-hydrogen) atoms. The monoisotopic (exact) mass is 1420 g/mol. The Hall–Kier alpha value is -8.64. The van der Waals surface area contributed by atoms with E-state index < -0.39 is 61.5 Å². The maximum atomic E-state index is 13.2. The Morgan fingerprint density at radius 1 is 0.417 bits per heavy atom. The number of carbonyl (C=O) groups excluding carboxylic acids is 3. The van der Waals surface area contributed by atoms with Crippen LogP contribution in [-0.4, -0.2) is 108 Å². The zero-order valence-corrected chi connectivity index (χ0v) is 62.3. The predicted octanol–water partition coefficient (Wildman–Crippen LogP) is 17.5. The minimum absolute atomic E-state index is 0.0708. The fourth-order valence-electron chi connectivity index (χ4n) is 12.4. The van der Waals surface area contributed by atoms with E-state index in [9.17, 15) is 34.5 Å². The van der Waals surface area contributed by atoms with Gasteiger partial charge in [0, 0.05) is 37.6 Å². The predicted molar refractivity (Wildman–Crippen MR) is 406 cm³/mol. The van der Waals surface area contributed by atoms with Gasteiger partial charge in [0.05, 0.1) is 17.7 Å². The summed E-state index contributed by atoms with van der Waals surface area (Å²) in [7, 11) is 0. The number of carboxylic acid groups (broad SMARTS) is 1. The molecule has 0 spiro atoms. The largest absolute Gasteiger partial charge is 0.485 e. The Balaban J connectivity index is 0.000000268. The van der Waals surface area contributed by atoms with Gasteiger partial charge in [0.25, 0.3) is 0 Å². The molecule has 2 heterocycles. The standard InChI is InChI=1S/C43H57NO7.C23H39NO2.C20H20O6/c1-5-9-17-32(7-3)27-44(28-33(8-4)18-10-6-2)37-25-23-36(24-26-37)42(46)50-31-38(45)39-40(48-29-34-19-13-11-14-20-34)41(43(47)51-39)49-30-35-21-15-12-16-22-35;1-5-9-11-19(7-3)17-24(18-20(8-4)12-10-6-2)22-15-13-21(14-16-22)23(25)26;21-11-16(22)17-18(24-12-14-7-3-1-4-8-14)19(20(23)26-17)25-13-15-9-5-2-6-10-15/h11-16,19-26,32-33,38-39,45H,5-10,17-18,27-31H2,1-4H3;13-16,19-20H,5-12,17-18H2,1-4H3,(H,25,26);1-10,16-17,21-22H,11-13H2/t32?,33?,38-,39+;;/m0../s1. The number of hydrogen-bond donors (Lipinski definition) is 4. The number of carbonyl (C=O) groups is 4. The average molecular weight is 1420 g/mol. The van der Waals surface area contributed by atoms with Crippen molar-refractivity contribution < 1.29 is 72.8 Å². The fourth-order valence-corrected chi connectivity index (χ4v) is 12.4. The minimum atomic E-state index is -1.38. The number of anilines is 2. The molecule has 0 amide bonds. The van der Waals surface area contributed by atoms with Gasteiger partial charge in [-0.15, -0.1) is 0 Å². The van der Waals surface area contributed by atoms with Crippen LogP contribution < -0.4 is 9.80 Å². The van der Waals surface area contributed by atoms with E-state index in [0.29, 0.717) is 34.8 Å². The number of ether oxygens (including phenoxy) is 7. The van der Waals surface area contributed by atoms with Gasteiger partial charge in [-0.1, -0.05) is 254 Å². The van der Waals surface area contributed by atoms with E-state index >= 15 is 0 Å². The highest BCUT2D eigenvalue weighted by Gasteiger charge is 2.44. The zero-order valence-electron chi connectivity index (χ0n) is 62.3. The SMILES string of the molecule is CCCCC(CC)CN(CC(CC)CCCC)c1ccc(C(=O)O)cc1.CCCCC(CC)CN(CC(CC)CCCC)c1ccc(C(=O)OC[C@H](O)[C@H]2OC(=O)C(OCc3ccccc3)=C2OCc2ccccc2)cc1.O=C1OC(C(O)CO)C(OCc2ccccc2)=C1OCc1ccccc1. The molecular formula is C86H116N2O15. The number of benzene rings is 6. The molecule has 6 aromatic carbocycles. The highest BCUT2D eigenvalue weighted by Crippen LogP contribution is 2.33. The number of nitrogens with zero attached hydrogens (tertiary/aromatic N) is 2. The Kier molecular flexibility index (Phi) is 37.9. The van der Waals surface area contributed by atoms with Gasteiger partial charge in [-0.05, 0) is 120 Å². The van der Waals surface area contributed by atoms with Gasteiger partial charge in [-0.3, -0.25) is 0 Å². The number of aromatic carboxylic acids is 1. The molecule has 0 radical (unpaired) electrons. The van der Waals surface area contributed by atoms with E-state index in [1.165, 1.54) is 95.6 Å². The molecule has 0 saturated heterocycles. The Morgan fingerprint density at radius 3 is 1.01 bits per heavy atom. The van der Waals surface area contributed by atoms with E-state index in [2.05, 4.69) is 65.2 Å². The van der Waals surface area contributed by atoms with E-state index in [-0.39, 0.29) is 49.5 Å². The Bertz CT molecular complexity index is 3390. The first-order chi connectivity index (χ1) is 50.1. The molecule has 17 heteroatoms. The molecule has 6 unspecified atom stereocenters. The highest BCUT2D eigenvalue weighted by atomic mass is 16.6. The quantitative estimate of drug-likeness (QED) is 0.0206. The number of unbranched alkanes of at least 4 members (excludes halogenated alkanes) is 4. The van der Waals surface area contributed by atoms with Crippen molar-refractivity contribution >= 4 is 35.3 Å². The number of carboxylic acids is 1. The fraction of sp³-hybridized carbons (Fsp3) is 0.488. The molecule has 17 nitrogen and oxygen atoms in total. The second-order valence-corrected chi connectivity index (χ2v) is 26.9. The smallest absolute Gasteiger partial charge is 0.378 e. The molecule has 0 saturated carbocycles. The highest BCUT2D eigenvalue weighted by molar-refractivity contribution is 5.91. The molecule has 6 aromatic rings. The van der Waals surface area contributed by atoms with E-state index in [1.807, 2.05) is 146 Å². The molecular weight excluding hydrogens is 1300 g/mol. The third-order valence-corrected chi connectivity index (χ3v) is 19.0. The topological polar surface area (TPSA) is 220 Å². The molecule has 2 aliphatic heterocycles. The van der Waals surface area contributed by atoms with Crippen LogP contribution in [0.5, 0.6) is 0 Å². The van der Waals surface area contributed by atoms with Crippen LogP contribution in [0.2, 0.25) is 0 Å². The van der Waals surface area contributed by atoms with Crippen molar-refractivity contribution in [1.82, 2.24) is 0 Å². The van der Waals surface area contributed by atoms with Crippen molar-refractivity contribution in [3.05, 3.63) is 226 Å². The molecule has 560 valence electrons. The van der Waals surface area contributed by atoms with Crippen LogP contribution in [0, 0.1) is 23.7 Å². The zero-order chi connectivity index (χ0) is 74.1. The second kappa shape index (κ2) is 46.9. The summed E-state index contributed by atoms with van der Waals surface area (Å²) in [6, 6.07) is 52.6. The van der Waals surface area contributed by atoms with Crippen LogP contribution in [0.25, 0.3) is 0 Å². The molecule has 0 aromatic heterocycles. The molecule has 4 N–H and O–H groups in total. The normalized spacial score (nSPS) is 15.8. The lowest BCUT2D eigenvalue weighted by Crippen LogP contribution is -2.34. The van der Waals surface area contributed by atoms with Crippen molar-refractivity contribution in [3.8, 4) is 0 Å². The van der Waals surface area contributed by atoms with Crippen LogP contribution in [-0.2, 0) is 69.2 Å².